The maximum absolute atomic E-state index is 10.8. The van der Waals surface area contributed by atoms with Crippen LogP contribution < -0.4 is 0 Å². The van der Waals surface area contributed by atoms with Crippen LogP contribution >= 0.6 is 0 Å². The molecule has 0 aliphatic carbocycles. The van der Waals surface area contributed by atoms with E-state index in [1.165, 1.54) is 18.2 Å². The molecule has 0 aliphatic rings. The van der Waals surface area contributed by atoms with Gasteiger partial charge in [0.15, 0.2) is 17.4 Å². The van der Waals surface area contributed by atoms with Crippen molar-refractivity contribution in [1.82, 2.24) is 15.2 Å². The third-order valence-corrected chi connectivity index (χ3v) is 2.96. The molecule has 0 aliphatic heterocycles. The Morgan fingerprint density at radius 2 is 1.86 bits per heavy atom. The molecular formula is C14H10N4O3. The highest BCUT2D eigenvalue weighted by Gasteiger charge is 2.16. The highest BCUT2D eigenvalue weighted by molar-refractivity contribution is 5.65. The molecule has 7 nitrogen and oxygen atoms in total. The normalized spacial score (nSPS) is 10.5. The van der Waals surface area contributed by atoms with E-state index in [1.54, 1.807) is 0 Å². The zero-order valence-corrected chi connectivity index (χ0v) is 10.7. The van der Waals surface area contributed by atoms with Crippen LogP contribution in [0.4, 0.5) is 5.69 Å². The average Bonchev–Trinajstić information content (AvgIpc) is 2.98. The van der Waals surface area contributed by atoms with Crippen LogP contribution in [0.2, 0.25) is 0 Å². The molecule has 0 spiro atoms. The number of aromatic amines is 1. The lowest BCUT2D eigenvalue weighted by Gasteiger charge is -1.98. The summed E-state index contributed by atoms with van der Waals surface area (Å²) in [6, 6.07) is 13.4. The standard InChI is InChI=1S/C14H10N4O3/c19-12-7-6-10(8-11(12)18(20)21)14-15-13(16-17-14)9-4-2-1-3-5-9/h1-8,19H,(H,15,16,17). The van der Waals surface area contributed by atoms with Crippen molar-refractivity contribution >= 4 is 5.69 Å². The highest BCUT2D eigenvalue weighted by Crippen LogP contribution is 2.30. The van der Waals surface area contributed by atoms with Crippen molar-refractivity contribution in [2.45, 2.75) is 0 Å². The highest BCUT2D eigenvalue weighted by atomic mass is 16.6. The van der Waals surface area contributed by atoms with E-state index >= 15 is 0 Å². The van der Waals surface area contributed by atoms with Crippen molar-refractivity contribution in [2.75, 3.05) is 0 Å². The van der Waals surface area contributed by atoms with Gasteiger partial charge in [-0.3, -0.25) is 15.2 Å². The first-order valence-electron chi connectivity index (χ1n) is 6.11. The fraction of sp³-hybridized carbons (Fsp3) is 0. The van der Waals surface area contributed by atoms with Crippen molar-refractivity contribution in [3.05, 3.63) is 58.6 Å². The van der Waals surface area contributed by atoms with Gasteiger partial charge in [-0.1, -0.05) is 30.3 Å². The first kappa shape index (κ1) is 12.8. The van der Waals surface area contributed by atoms with E-state index in [4.69, 9.17) is 0 Å². The van der Waals surface area contributed by atoms with Gasteiger partial charge in [0.05, 0.1) is 4.92 Å². The maximum Gasteiger partial charge on any atom is 0.311 e. The molecule has 104 valence electrons. The molecule has 2 aromatic carbocycles. The van der Waals surface area contributed by atoms with E-state index in [9.17, 15) is 15.2 Å². The maximum atomic E-state index is 10.8. The summed E-state index contributed by atoms with van der Waals surface area (Å²) in [6.07, 6.45) is 0. The first-order valence-corrected chi connectivity index (χ1v) is 6.11. The Bertz CT molecular complexity index is 799. The lowest BCUT2D eigenvalue weighted by molar-refractivity contribution is -0.385. The zero-order valence-electron chi connectivity index (χ0n) is 10.7. The van der Waals surface area contributed by atoms with Gasteiger partial charge in [-0.25, -0.2) is 4.98 Å². The van der Waals surface area contributed by atoms with Gasteiger partial charge in [0, 0.05) is 17.2 Å². The number of hydrogen-bond donors (Lipinski definition) is 2. The quantitative estimate of drug-likeness (QED) is 0.567. The van der Waals surface area contributed by atoms with E-state index in [0.29, 0.717) is 17.2 Å². The molecule has 3 rings (SSSR count). The Balaban J connectivity index is 2.01. The van der Waals surface area contributed by atoms with Crippen LogP contribution in [0.1, 0.15) is 0 Å². The Labute approximate surface area is 119 Å². The van der Waals surface area contributed by atoms with E-state index in [1.807, 2.05) is 30.3 Å². The molecule has 0 atom stereocenters. The minimum absolute atomic E-state index is 0.331. The monoisotopic (exact) mass is 282 g/mol. The van der Waals surface area contributed by atoms with Gasteiger partial charge in [0.1, 0.15) is 0 Å². The molecule has 0 unspecified atom stereocenters. The lowest BCUT2D eigenvalue weighted by atomic mass is 10.1. The van der Waals surface area contributed by atoms with Crippen LogP contribution in [-0.4, -0.2) is 25.2 Å². The van der Waals surface area contributed by atoms with E-state index in [0.717, 1.165) is 5.56 Å². The molecule has 0 saturated heterocycles. The molecule has 1 heterocycles. The molecule has 0 amide bonds. The van der Waals surface area contributed by atoms with E-state index in [2.05, 4.69) is 15.2 Å². The van der Waals surface area contributed by atoms with Gasteiger partial charge >= 0.3 is 5.69 Å². The van der Waals surface area contributed by atoms with Crippen LogP contribution in [0, 0.1) is 10.1 Å². The van der Waals surface area contributed by atoms with Gasteiger partial charge in [-0.05, 0) is 12.1 Å². The van der Waals surface area contributed by atoms with Crippen LogP contribution in [0.25, 0.3) is 22.8 Å². The number of phenolic OH excluding ortho intramolecular Hbond substituents is 1. The van der Waals surface area contributed by atoms with Crippen LogP contribution in [0.5, 0.6) is 5.75 Å². The molecular weight excluding hydrogens is 272 g/mol. The number of nitrogens with zero attached hydrogens (tertiary/aromatic N) is 3. The number of H-pyrrole nitrogens is 1. The summed E-state index contributed by atoms with van der Waals surface area (Å²) in [6.45, 7) is 0. The van der Waals surface area contributed by atoms with Crippen LogP contribution in [-0.2, 0) is 0 Å². The molecule has 2 N–H and O–H groups in total. The lowest BCUT2D eigenvalue weighted by Crippen LogP contribution is -1.90. The Morgan fingerprint density at radius 3 is 2.57 bits per heavy atom. The second-order valence-corrected chi connectivity index (χ2v) is 4.33. The van der Waals surface area contributed by atoms with Crippen molar-refractivity contribution in [1.29, 1.82) is 0 Å². The summed E-state index contributed by atoms with van der Waals surface area (Å²) in [5.41, 5.74) is 0.945. The second-order valence-electron chi connectivity index (χ2n) is 4.33. The summed E-state index contributed by atoms with van der Waals surface area (Å²) in [5, 5.41) is 27.1. The Morgan fingerprint density at radius 1 is 1.10 bits per heavy atom. The summed E-state index contributed by atoms with van der Waals surface area (Å²) >= 11 is 0. The second kappa shape index (κ2) is 5.04. The minimum atomic E-state index is -0.649. The molecule has 0 bridgehead atoms. The summed E-state index contributed by atoms with van der Waals surface area (Å²) in [5.74, 6) is 0.515. The molecule has 3 aromatic rings. The molecule has 1 aromatic heterocycles. The van der Waals surface area contributed by atoms with Crippen LogP contribution in [0.15, 0.2) is 48.5 Å². The first-order chi connectivity index (χ1) is 10.1. The SMILES string of the molecule is O=[N+]([O-])c1cc(-c2n[nH]c(-c3ccccc3)n2)ccc1O. The predicted octanol–water partition coefficient (Wildman–Crippen LogP) is 2.75. The van der Waals surface area contributed by atoms with Gasteiger partial charge in [0.2, 0.25) is 0 Å². The number of nitrogens with one attached hydrogen (secondary N) is 1. The summed E-state index contributed by atoms with van der Waals surface area (Å²) in [4.78, 5) is 14.5. The van der Waals surface area contributed by atoms with Gasteiger partial charge in [0.25, 0.3) is 0 Å². The zero-order chi connectivity index (χ0) is 14.8. The molecule has 7 heteroatoms. The molecule has 21 heavy (non-hydrogen) atoms. The van der Waals surface area contributed by atoms with Crippen LogP contribution in [0.3, 0.4) is 0 Å². The van der Waals surface area contributed by atoms with Crippen molar-refractivity contribution < 1.29 is 10.0 Å². The number of aromatic hydroxyl groups is 1. The topological polar surface area (TPSA) is 105 Å². The number of nitro benzene ring substituents is 1. The molecule has 0 radical (unpaired) electrons. The third-order valence-electron chi connectivity index (χ3n) is 2.96. The molecule has 0 saturated carbocycles. The Kier molecular flexibility index (Phi) is 3.07. The van der Waals surface area contributed by atoms with Gasteiger partial charge in [-0.2, -0.15) is 5.10 Å². The smallest absolute Gasteiger partial charge is 0.311 e. The molecule has 0 fully saturated rings. The third kappa shape index (κ3) is 2.44. The van der Waals surface area contributed by atoms with E-state index < -0.39 is 4.92 Å². The average molecular weight is 282 g/mol. The van der Waals surface area contributed by atoms with Crippen molar-refractivity contribution in [2.24, 2.45) is 0 Å². The number of nitro groups is 1. The van der Waals surface area contributed by atoms with Crippen molar-refractivity contribution in [3.8, 4) is 28.5 Å². The van der Waals surface area contributed by atoms with Gasteiger partial charge in [-0.15, -0.1) is 0 Å². The summed E-state index contributed by atoms with van der Waals surface area (Å²) in [7, 11) is 0. The van der Waals surface area contributed by atoms with E-state index in [-0.39, 0.29) is 11.4 Å². The largest absolute Gasteiger partial charge is 0.502 e. The number of hydrogen-bond acceptors (Lipinski definition) is 5. The number of phenols is 1. The number of aromatic nitrogens is 3. The predicted molar refractivity (Wildman–Crippen MR) is 75.6 cm³/mol. The summed E-state index contributed by atoms with van der Waals surface area (Å²) < 4.78 is 0. The Hall–Kier alpha value is -3.22. The number of benzene rings is 2. The van der Waals surface area contributed by atoms with Crippen molar-refractivity contribution in [3.63, 3.8) is 0 Å². The fourth-order valence-electron chi connectivity index (χ4n) is 1.92. The number of rotatable bonds is 3. The minimum Gasteiger partial charge on any atom is -0.502 e. The van der Waals surface area contributed by atoms with Gasteiger partial charge < -0.3 is 5.11 Å². The fourth-order valence-corrected chi connectivity index (χ4v) is 1.92.